The third-order valence-electron chi connectivity index (χ3n) is 3.93. The van der Waals surface area contributed by atoms with Crippen molar-refractivity contribution in [1.82, 2.24) is 25.4 Å². The third-order valence-corrected chi connectivity index (χ3v) is 4.15. The van der Waals surface area contributed by atoms with E-state index in [-0.39, 0.29) is 24.0 Å². The van der Waals surface area contributed by atoms with E-state index in [9.17, 15) is 0 Å². The Morgan fingerprint density at radius 3 is 2.52 bits per heavy atom. The van der Waals surface area contributed by atoms with Gasteiger partial charge in [0.15, 0.2) is 5.96 Å². The minimum Gasteiger partial charge on any atom is -0.352 e. The maximum absolute atomic E-state index is 5.81. The van der Waals surface area contributed by atoms with Crippen molar-refractivity contribution in [1.29, 1.82) is 0 Å². The van der Waals surface area contributed by atoms with Crippen LogP contribution in [0.15, 0.2) is 66.0 Å². The first-order valence-electron chi connectivity index (χ1n) is 8.34. The molecule has 0 saturated heterocycles. The van der Waals surface area contributed by atoms with Gasteiger partial charge in [0.25, 0.3) is 0 Å². The Hall–Kier alpha value is -2.13. The van der Waals surface area contributed by atoms with Crippen LogP contribution in [-0.4, -0.2) is 27.8 Å². The van der Waals surface area contributed by atoms with Gasteiger partial charge in [-0.15, -0.1) is 24.0 Å². The Bertz CT molecular complexity index is 849. The van der Waals surface area contributed by atoms with Crippen molar-refractivity contribution in [2.45, 2.75) is 19.6 Å². The third kappa shape index (κ3) is 6.51. The molecule has 0 atom stereocenters. The zero-order chi connectivity index (χ0) is 18.2. The van der Waals surface area contributed by atoms with Crippen LogP contribution in [0.1, 0.15) is 16.7 Å². The van der Waals surface area contributed by atoms with E-state index in [0.29, 0.717) is 18.2 Å². The Morgan fingerprint density at radius 1 is 1.07 bits per heavy atom. The molecule has 3 aromatic rings. The summed E-state index contributed by atoms with van der Waals surface area (Å²) in [5, 5.41) is 11.4. The van der Waals surface area contributed by atoms with Crippen LogP contribution in [0.4, 0.5) is 0 Å². The lowest BCUT2D eigenvalue weighted by atomic mass is 10.1. The van der Waals surface area contributed by atoms with Gasteiger partial charge in [-0.1, -0.05) is 41.9 Å². The van der Waals surface area contributed by atoms with Crippen LogP contribution in [0, 0.1) is 0 Å². The number of aliphatic imine (C=N–C) groups is 1. The molecular formula is C19H22ClIN6. The van der Waals surface area contributed by atoms with Crippen LogP contribution in [-0.2, 0) is 19.6 Å². The van der Waals surface area contributed by atoms with Gasteiger partial charge in [-0.2, -0.15) is 5.10 Å². The first-order valence-corrected chi connectivity index (χ1v) is 8.71. The molecule has 0 aliphatic rings. The molecule has 2 N–H and O–H groups in total. The summed E-state index contributed by atoms with van der Waals surface area (Å²) in [6.07, 6.45) is 5.51. The summed E-state index contributed by atoms with van der Waals surface area (Å²) in [6, 6.07) is 14.0. The van der Waals surface area contributed by atoms with Crippen LogP contribution < -0.4 is 10.6 Å². The highest BCUT2D eigenvalue weighted by molar-refractivity contribution is 14.0. The number of benzene rings is 1. The van der Waals surface area contributed by atoms with Crippen molar-refractivity contribution in [2.75, 3.05) is 7.05 Å². The van der Waals surface area contributed by atoms with Crippen LogP contribution in [0.5, 0.6) is 0 Å². The molecule has 0 radical (unpaired) electrons. The van der Waals surface area contributed by atoms with Gasteiger partial charge in [0.1, 0.15) is 5.15 Å². The maximum Gasteiger partial charge on any atom is 0.191 e. The fourth-order valence-corrected chi connectivity index (χ4v) is 2.66. The molecule has 0 aliphatic heterocycles. The number of aromatic nitrogens is 3. The van der Waals surface area contributed by atoms with E-state index in [2.05, 4.69) is 37.8 Å². The molecule has 0 amide bonds. The second kappa shape index (κ2) is 10.9. The van der Waals surface area contributed by atoms with Gasteiger partial charge in [-0.25, -0.2) is 4.98 Å². The zero-order valence-electron chi connectivity index (χ0n) is 15.0. The van der Waals surface area contributed by atoms with Gasteiger partial charge in [0, 0.05) is 38.7 Å². The minimum absolute atomic E-state index is 0. The number of halogens is 2. The SMILES string of the molecule is CN=C(NCc1ccc(Cl)nc1)NCc1ccccc1Cn1cccn1.I. The van der Waals surface area contributed by atoms with E-state index in [1.807, 2.05) is 35.1 Å². The normalized spacial score (nSPS) is 11.0. The quantitative estimate of drug-likeness (QED) is 0.237. The van der Waals surface area contributed by atoms with E-state index in [1.165, 1.54) is 11.1 Å². The fourth-order valence-electron chi connectivity index (χ4n) is 2.55. The minimum atomic E-state index is 0. The van der Waals surface area contributed by atoms with Crippen LogP contribution >= 0.6 is 35.6 Å². The molecule has 0 aliphatic carbocycles. The van der Waals surface area contributed by atoms with E-state index in [0.717, 1.165) is 18.1 Å². The molecule has 2 aromatic heterocycles. The molecule has 0 spiro atoms. The van der Waals surface area contributed by atoms with Crippen molar-refractivity contribution in [3.8, 4) is 0 Å². The van der Waals surface area contributed by atoms with E-state index < -0.39 is 0 Å². The van der Waals surface area contributed by atoms with Gasteiger partial charge in [-0.3, -0.25) is 9.67 Å². The van der Waals surface area contributed by atoms with Crippen molar-refractivity contribution in [3.63, 3.8) is 0 Å². The molecule has 1 aromatic carbocycles. The van der Waals surface area contributed by atoms with E-state index in [1.54, 1.807) is 25.5 Å². The lowest BCUT2D eigenvalue weighted by Gasteiger charge is -2.14. The molecule has 0 saturated carbocycles. The molecule has 2 heterocycles. The van der Waals surface area contributed by atoms with Gasteiger partial charge in [0.05, 0.1) is 6.54 Å². The number of guanidine groups is 1. The number of pyridine rings is 1. The molecule has 8 heteroatoms. The van der Waals surface area contributed by atoms with Crippen molar-refractivity contribution in [3.05, 3.63) is 82.9 Å². The Kier molecular flexibility index (Phi) is 8.53. The summed E-state index contributed by atoms with van der Waals surface area (Å²) < 4.78 is 1.92. The zero-order valence-corrected chi connectivity index (χ0v) is 18.1. The predicted octanol–water partition coefficient (Wildman–Crippen LogP) is 3.46. The predicted molar refractivity (Wildman–Crippen MR) is 119 cm³/mol. The van der Waals surface area contributed by atoms with E-state index in [4.69, 9.17) is 11.6 Å². The second-order valence-electron chi connectivity index (χ2n) is 5.74. The highest BCUT2D eigenvalue weighted by Gasteiger charge is 2.05. The van der Waals surface area contributed by atoms with Crippen molar-refractivity contribution in [2.24, 2.45) is 4.99 Å². The Balaban J connectivity index is 0.00000261. The van der Waals surface area contributed by atoms with Gasteiger partial charge >= 0.3 is 0 Å². The smallest absolute Gasteiger partial charge is 0.191 e. The molecular weight excluding hydrogens is 475 g/mol. The summed E-state index contributed by atoms with van der Waals surface area (Å²) in [4.78, 5) is 8.35. The van der Waals surface area contributed by atoms with Crippen molar-refractivity contribution < 1.29 is 0 Å². The van der Waals surface area contributed by atoms with Crippen LogP contribution in [0.3, 0.4) is 0 Å². The second-order valence-corrected chi connectivity index (χ2v) is 6.13. The molecule has 6 nitrogen and oxygen atoms in total. The van der Waals surface area contributed by atoms with E-state index >= 15 is 0 Å². The number of nitrogens with zero attached hydrogens (tertiary/aromatic N) is 4. The molecule has 27 heavy (non-hydrogen) atoms. The summed E-state index contributed by atoms with van der Waals surface area (Å²) in [5.41, 5.74) is 3.47. The van der Waals surface area contributed by atoms with Crippen LogP contribution in [0.25, 0.3) is 0 Å². The lowest BCUT2D eigenvalue weighted by Crippen LogP contribution is -2.36. The average molecular weight is 497 g/mol. The summed E-state index contributed by atoms with van der Waals surface area (Å²) in [7, 11) is 1.76. The number of nitrogens with one attached hydrogen (secondary N) is 2. The highest BCUT2D eigenvalue weighted by Crippen LogP contribution is 2.10. The monoisotopic (exact) mass is 496 g/mol. The molecule has 0 fully saturated rings. The maximum atomic E-state index is 5.81. The first kappa shape index (κ1) is 21.2. The summed E-state index contributed by atoms with van der Waals surface area (Å²) in [5.74, 6) is 0.730. The van der Waals surface area contributed by atoms with Crippen LogP contribution in [0.2, 0.25) is 5.15 Å². The molecule has 142 valence electrons. The largest absolute Gasteiger partial charge is 0.352 e. The average Bonchev–Trinajstić information content (AvgIpc) is 3.17. The molecule has 0 bridgehead atoms. The Labute approximate surface area is 181 Å². The highest BCUT2D eigenvalue weighted by atomic mass is 127. The van der Waals surface area contributed by atoms with Gasteiger partial charge in [-0.05, 0) is 28.8 Å². The first-order chi connectivity index (χ1) is 12.7. The molecule has 0 unspecified atom stereocenters. The Morgan fingerprint density at radius 2 is 1.85 bits per heavy atom. The van der Waals surface area contributed by atoms with Gasteiger partial charge < -0.3 is 10.6 Å². The van der Waals surface area contributed by atoms with Crippen molar-refractivity contribution >= 4 is 41.5 Å². The molecule has 3 rings (SSSR count). The number of hydrogen-bond donors (Lipinski definition) is 2. The standard InChI is InChI=1S/C19H21ClN6.HI/c1-21-19(23-12-15-7-8-18(20)22-11-15)24-13-16-5-2-3-6-17(16)14-26-10-4-9-25-26;/h2-11H,12-14H2,1H3,(H2,21,23,24);1H. The summed E-state index contributed by atoms with van der Waals surface area (Å²) >= 11 is 5.81. The van der Waals surface area contributed by atoms with Gasteiger partial charge in [0.2, 0.25) is 0 Å². The lowest BCUT2D eigenvalue weighted by molar-refractivity contribution is 0.677. The topological polar surface area (TPSA) is 67.1 Å². The summed E-state index contributed by atoms with van der Waals surface area (Å²) in [6.45, 7) is 2.04. The number of rotatable bonds is 6. The fraction of sp³-hybridized carbons (Fsp3) is 0.211. The number of hydrogen-bond acceptors (Lipinski definition) is 3.